The molecule has 0 saturated carbocycles. The highest BCUT2D eigenvalue weighted by Crippen LogP contribution is 2.36. The Morgan fingerprint density at radius 1 is 1.08 bits per heavy atom. The van der Waals surface area contributed by atoms with E-state index in [1.54, 1.807) is 6.92 Å². The van der Waals surface area contributed by atoms with E-state index in [2.05, 4.69) is 5.32 Å². The van der Waals surface area contributed by atoms with Crippen molar-refractivity contribution in [3.63, 3.8) is 0 Å². The van der Waals surface area contributed by atoms with Crippen molar-refractivity contribution in [3.8, 4) is 0 Å². The molecule has 0 radical (unpaired) electrons. The third-order valence-corrected chi connectivity index (χ3v) is 7.10. The molecule has 204 valence electrons. The van der Waals surface area contributed by atoms with Crippen molar-refractivity contribution in [3.05, 3.63) is 64.4 Å². The molecule has 0 bridgehead atoms. The normalized spacial score (nSPS) is 13.5. The SMILES string of the molecule is CC[C@H](C)NC(=O)[C@@H](C)N(Cc1ccc(F)cc1)C(=O)CN(c1cc(C(F)(F)F)ccc1Cl)S(C)(=O)=O. The second-order valence-corrected chi connectivity index (χ2v) is 10.9. The van der Waals surface area contributed by atoms with Crippen molar-refractivity contribution in [1.29, 1.82) is 0 Å². The maximum Gasteiger partial charge on any atom is 0.416 e. The highest BCUT2D eigenvalue weighted by molar-refractivity contribution is 7.92. The van der Waals surface area contributed by atoms with Gasteiger partial charge in [0.1, 0.15) is 18.4 Å². The Hall–Kier alpha value is -2.86. The Bertz CT molecular complexity index is 1220. The van der Waals surface area contributed by atoms with E-state index in [0.717, 1.165) is 29.4 Å². The number of hydrogen-bond donors (Lipinski definition) is 1. The molecule has 0 heterocycles. The quantitative estimate of drug-likeness (QED) is 0.427. The number of alkyl halides is 3. The van der Waals surface area contributed by atoms with Crippen molar-refractivity contribution in [2.75, 3.05) is 17.1 Å². The first kappa shape index (κ1) is 30.4. The minimum atomic E-state index is -4.79. The molecule has 2 amide bonds. The molecule has 7 nitrogen and oxygen atoms in total. The van der Waals surface area contributed by atoms with Crippen LogP contribution in [0, 0.1) is 5.82 Å². The van der Waals surface area contributed by atoms with E-state index in [0.29, 0.717) is 28.4 Å². The molecule has 0 aliphatic carbocycles. The van der Waals surface area contributed by atoms with E-state index in [4.69, 9.17) is 11.6 Å². The van der Waals surface area contributed by atoms with Crippen LogP contribution in [0.5, 0.6) is 0 Å². The van der Waals surface area contributed by atoms with Crippen molar-refractivity contribution >= 4 is 39.1 Å². The van der Waals surface area contributed by atoms with E-state index in [9.17, 15) is 35.6 Å². The Labute approximate surface area is 218 Å². The van der Waals surface area contributed by atoms with Crippen LogP contribution in [0.25, 0.3) is 0 Å². The molecule has 2 rings (SSSR count). The summed E-state index contributed by atoms with van der Waals surface area (Å²) in [4.78, 5) is 27.3. The van der Waals surface area contributed by atoms with Gasteiger partial charge in [0.25, 0.3) is 0 Å². The van der Waals surface area contributed by atoms with Gasteiger partial charge in [0.2, 0.25) is 21.8 Å². The Kier molecular flexibility index (Phi) is 9.95. The molecule has 0 aromatic heterocycles. The van der Waals surface area contributed by atoms with Crippen LogP contribution in [0.1, 0.15) is 38.3 Å². The van der Waals surface area contributed by atoms with Crippen molar-refractivity contribution in [2.45, 2.75) is 52.0 Å². The van der Waals surface area contributed by atoms with E-state index < -0.39 is 57.7 Å². The van der Waals surface area contributed by atoms with Gasteiger partial charge in [-0.1, -0.05) is 30.7 Å². The number of hydrogen-bond acceptors (Lipinski definition) is 4. The molecule has 0 fully saturated rings. The standard InChI is InChI=1S/C24H28ClF4N3O4S/c1-5-15(2)30-23(34)16(3)31(13-17-6-9-19(26)10-7-17)22(33)14-32(37(4,35)36)21-12-18(24(27,28)29)8-11-20(21)25/h6-12,15-16H,5,13-14H2,1-4H3,(H,30,34)/t15-,16+/m0/s1. The molecular weight excluding hydrogens is 538 g/mol. The maximum atomic E-state index is 13.4. The first-order valence-electron chi connectivity index (χ1n) is 11.2. The Morgan fingerprint density at radius 2 is 1.68 bits per heavy atom. The molecule has 2 atom stereocenters. The summed E-state index contributed by atoms with van der Waals surface area (Å²) >= 11 is 6.04. The van der Waals surface area contributed by atoms with Crippen molar-refractivity contribution in [1.82, 2.24) is 10.2 Å². The first-order valence-corrected chi connectivity index (χ1v) is 13.5. The second kappa shape index (κ2) is 12.1. The van der Waals surface area contributed by atoms with Gasteiger partial charge in [-0.25, -0.2) is 12.8 Å². The van der Waals surface area contributed by atoms with Crippen LogP contribution < -0.4 is 9.62 Å². The van der Waals surface area contributed by atoms with E-state index in [1.165, 1.54) is 19.1 Å². The lowest BCUT2D eigenvalue weighted by Gasteiger charge is -2.32. The van der Waals surface area contributed by atoms with E-state index in [-0.39, 0.29) is 17.6 Å². The highest BCUT2D eigenvalue weighted by Gasteiger charge is 2.34. The summed E-state index contributed by atoms with van der Waals surface area (Å²) in [6, 6.07) is 5.93. The van der Waals surface area contributed by atoms with E-state index >= 15 is 0 Å². The molecule has 0 unspecified atom stereocenters. The Balaban J connectivity index is 2.49. The lowest BCUT2D eigenvalue weighted by Crippen LogP contribution is -2.52. The fourth-order valence-electron chi connectivity index (χ4n) is 3.31. The van der Waals surface area contributed by atoms with Gasteiger partial charge in [-0.15, -0.1) is 0 Å². The number of rotatable bonds is 10. The molecular formula is C24H28ClF4N3O4S. The van der Waals surface area contributed by atoms with Gasteiger partial charge in [-0.2, -0.15) is 13.2 Å². The smallest absolute Gasteiger partial charge is 0.352 e. The van der Waals surface area contributed by atoms with Crippen LogP contribution in [-0.4, -0.2) is 50.0 Å². The number of nitrogens with zero attached hydrogens (tertiary/aromatic N) is 2. The molecule has 0 aliphatic heterocycles. The number of halogens is 5. The molecule has 13 heteroatoms. The van der Waals surface area contributed by atoms with Gasteiger partial charge in [0, 0.05) is 12.6 Å². The number of nitrogens with one attached hydrogen (secondary N) is 1. The molecule has 37 heavy (non-hydrogen) atoms. The zero-order chi connectivity index (χ0) is 28.1. The second-order valence-electron chi connectivity index (χ2n) is 8.58. The van der Waals surface area contributed by atoms with Crippen LogP contribution >= 0.6 is 11.6 Å². The average Bonchev–Trinajstić information content (AvgIpc) is 2.80. The third kappa shape index (κ3) is 8.32. The summed E-state index contributed by atoms with van der Waals surface area (Å²) in [6.07, 6.45) is -3.45. The van der Waals surface area contributed by atoms with Crippen LogP contribution in [-0.2, 0) is 32.3 Å². The lowest BCUT2D eigenvalue weighted by molar-refractivity contribution is -0.139. The fraction of sp³-hybridized carbons (Fsp3) is 0.417. The minimum Gasteiger partial charge on any atom is -0.352 e. The molecule has 0 spiro atoms. The van der Waals surface area contributed by atoms with Crippen molar-refractivity contribution < 1.29 is 35.6 Å². The molecule has 0 aliphatic rings. The largest absolute Gasteiger partial charge is 0.416 e. The average molecular weight is 566 g/mol. The van der Waals surface area contributed by atoms with Gasteiger partial charge < -0.3 is 10.2 Å². The number of carbonyl (C=O) groups excluding carboxylic acids is 2. The summed E-state index contributed by atoms with van der Waals surface area (Å²) in [5.74, 6) is -1.92. The lowest BCUT2D eigenvalue weighted by atomic mass is 10.1. The summed E-state index contributed by atoms with van der Waals surface area (Å²) in [6.45, 7) is 3.92. The van der Waals surface area contributed by atoms with Crippen LogP contribution in [0.2, 0.25) is 5.02 Å². The minimum absolute atomic E-state index is 0.192. The first-order chi connectivity index (χ1) is 17.0. The number of carbonyl (C=O) groups is 2. The number of amides is 2. The van der Waals surface area contributed by atoms with Crippen LogP contribution in [0.15, 0.2) is 42.5 Å². The predicted molar refractivity (Wildman–Crippen MR) is 133 cm³/mol. The zero-order valence-corrected chi connectivity index (χ0v) is 22.2. The molecule has 2 aromatic carbocycles. The predicted octanol–water partition coefficient (Wildman–Crippen LogP) is 4.60. The Morgan fingerprint density at radius 3 is 2.19 bits per heavy atom. The summed E-state index contributed by atoms with van der Waals surface area (Å²) in [5, 5.41) is 2.42. The van der Waals surface area contributed by atoms with Crippen LogP contribution in [0.4, 0.5) is 23.2 Å². The highest BCUT2D eigenvalue weighted by atomic mass is 35.5. The van der Waals surface area contributed by atoms with E-state index in [1.807, 2.05) is 6.92 Å². The van der Waals surface area contributed by atoms with Gasteiger partial charge in [0.05, 0.1) is 22.5 Å². The number of benzene rings is 2. The summed E-state index contributed by atoms with van der Waals surface area (Å²) in [5.41, 5.74) is -1.25. The third-order valence-electron chi connectivity index (χ3n) is 5.66. The fourth-order valence-corrected chi connectivity index (χ4v) is 4.43. The summed E-state index contributed by atoms with van der Waals surface area (Å²) < 4.78 is 78.9. The maximum absolute atomic E-state index is 13.4. The topological polar surface area (TPSA) is 86.8 Å². The van der Waals surface area contributed by atoms with Crippen LogP contribution in [0.3, 0.4) is 0 Å². The number of sulfonamides is 1. The number of anilines is 1. The van der Waals surface area contributed by atoms with Gasteiger partial charge in [-0.3, -0.25) is 13.9 Å². The summed E-state index contributed by atoms with van der Waals surface area (Å²) in [7, 11) is -4.29. The molecule has 1 N–H and O–H groups in total. The van der Waals surface area contributed by atoms with Gasteiger partial charge in [-0.05, 0) is 56.2 Å². The zero-order valence-electron chi connectivity index (χ0n) is 20.6. The van der Waals surface area contributed by atoms with Gasteiger partial charge in [0.15, 0.2) is 0 Å². The molecule has 2 aromatic rings. The van der Waals surface area contributed by atoms with Crippen molar-refractivity contribution in [2.24, 2.45) is 0 Å². The van der Waals surface area contributed by atoms with Gasteiger partial charge >= 0.3 is 6.18 Å². The monoisotopic (exact) mass is 565 g/mol. The molecule has 0 saturated heterocycles.